The average Bonchev–Trinajstić information content (AvgIpc) is 2.56. The van der Waals surface area contributed by atoms with Gasteiger partial charge >= 0.3 is 0 Å². The van der Waals surface area contributed by atoms with Crippen molar-refractivity contribution in [3.63, 3.8) is 0 Å². The van der Waals surface area contributed by atoms with E-state index in [-0.39, 0.29) is 0 Å². The third-order valence-corrected chi connectivity index (χ3v) is 5.54. The first kappa shape index (κ1) is 16.9. The van der Waals surface area contributed by atoms with Crippen LogP contribution in [0, 0.1) is 6.92 Å². The van der Waals surface area contributed by atoms with Crippen LogP contribution in [-0.2, 0) is 16.4 Å². The zero-order chi connectivity index (χ0) is 17.2. The summed E-state index contributed by atoms with van der Waals surface area (Å²) in [6.07, 6.45) is 3.08. The van der Waals surface area contributed by atoms with Gasteiger partial charge in [0, 0.05) is 45.2 Å². The van der Waals surface area contributed by atoms with Crippen LogP contribution in [0.4, 0.5) is 5.82 Å². The summed E-state index contributed by atoms with van der Waals surface area (Å²) in [5.74, 6) is 1.08. The van der Waals surface area contributed by atoms with Gasteiger partial charge in [0.2, 0.25) is 0 Å². The zero-order valence-corrected chi connectivity index (χ0v) is 15.0. The van der Waals surface area contributed by atoms with E-state index in [0.29, 0.717) is 4.90 Å². The molecule has 6 heteroatoms. The Morgan fingerprint density at radius 3 is 2.29 bits per heavy atom. The molecular formula is C18H23N3O2S. The number of anilines is 1. The van der Waals surface area contributed by atoms with Crippen molar-refractivity contribution in [2.45, 2.75) is 18.4 Å². The van der Waals surface area contributed by atoms with Gasteiger partial charge in [0.25, 0.3) is 0 Å². The number of sulfone groups is 1. The van der Waals surface area contributed by atoms with Crippen molar-refractivity contribution in [2.75, 3.05) is 37.3 Å². The van der Waals surface area contributed by atoms with Crippen LogP contribution in [0.15, 0.2) is 47.5 Å². The summed E-state index contributed by atoms with van der Waals surface area (Å²) in [6.45, 7) is 6.81. The van der Waals surface area contributed by atoms with E-state index < -0.39 is 9.84 Å². The molecule has 0 unspecified atom stereocenters. The van der Waals surface area contributed by atoms with Crippen LogP contribution < -0.4 is 4.90 Å². The van der Waals surface area contributed by atoms with E-state index >= 15 is 0 Å². The normalized spacial score (nSPS) is 16.3. The second kappa shape index (κ2) is 6.91. The third-order valence-electron chi connectivity index (χ3n) is 4.41. The minimum atomic E-state index is -3.12. The molecule has 128 valence electrons. The smallest absolute Gasteiger partial charge is 0.175 e. The predicted molar refractivity (Wildman–Crippen MR) is 96.0 cm³/mol. The Morgan fingerprint density at radius 1 is 1.04 bits per heavy atom. The fourth-order valence-corrected chi connectivity index (χ4v) is 3.66. The second-order valence-corrected chi connectivity index (χ2v) is 8.34. The Labute approximate surface area is 143 Å². The zero-order valence-electron chi connectivity index (χ0n) is 14.1. The number of nitrogens with zero attached hydrogens (tertiary/aromatic N) is 3. The van der Waals surface area contributed by atoms with Crippen molar-refractivity contribution in [2.24, 2.45) is 0 Å². The minimum absolute atomic E-state index is 0.377. The SMILES string of the molecule is Cc1cccnc1N1CCN(Cc2ccc(S(C)(=O)=O)cc2)CC1. The molecule has 5 nitrogen and oxygen atoms in total. The molecule has 2 aromatic rings. The number of aryl methyl sites for hydroxylation is 1. The van der Waals surface area contributed by atoms with Crippen LogP contribution in [0.3, 0.4) is 0 Å². The van der Waals surface area contributed by atoms with E-state index in [0.717, 1.165) is 44.1 Å². The Bertz CT molecular complexity index is 795. The number of hydrogen-bond acceptors (Lipinski definition) is 5. The number of aromatic nitrogens is 1. The Balaban J connectivity index is 1.59. The quantitative estimate of drug-likeness (QED) is 0.849. The number of benzene rings is 1. The standard InChI is InChI=1S/C18H23N3O2S/c1-15-4-3-9-19-18(15)21-12-10-20(11-13-21)14-16-5-7-17(8-6-16)24(2,22)23/h3-9H,10-14H2,1-2H3. The highest BCUT2D eigenvalue weighted by atomic mass is 32.2. The third kappa shape index (κ3) is 3.94. The van der Waals surface area contributed by atoms with Gasteiger partial charge in [0.05, 0.1) is 4.90 Å². The topological polar surface area (TPSA) is 53.5 Å². The van der Waals surface area contributed by atoms with Crippen LogP contribution in [-0.4, -0.2) is 50.7 Å². The molecule has 0 atom stereocenters. The maximum absolute atomic E-state index is 11.5. The maximum Gasteiger partial charge on any atom is 0.175 e. The number of piperazine rings is 1. The highest BCUT2D eigenvalue weighted by Crippen LogP contribution is 2.19. The summed E-state index contributed by atoms with van der Waals surface area (Å²) in [6, 6.07) is 11.3. The highest BCUT2D eigenvalue weighted by molar-refractivity contribution is 7.90. The molecule has 1 aliphatic heterocycles. The fourth-order valence-electron chi connectivity index (χ4n) is 3.03. The summed E-state index contributed by atoms with van der Waals surface area (Å²) in [7, 11) is -3.12. The molecule has 0 spiro atoms. The lowest BCUT2D eigenvalue weighted by atomic mass is 10.2. The van der Waals surface area contributed by atoms with E-state index in [9.17, 15) is 8.42 Å². The molecule has 3 rings (SSSR count). The first-order valence-electron chi connectivity index (χ1n) is 8.11. The molecule has 1 fully saturated rings. The van der Waals surface area contributed by atoms with Gasteiger partial charge in [-0.25, -0.2) is 13.4 Å². The van der Waals surface area contributed by atoms with Crippen molar-refractivity contribution in [3.05, 3.63) is 53.7 Å². The molecular weight excluding hydrogens is 322 g/mol. The van der Waals surface area contributed by atoms with Crippen LogP contribution in [0.2, 0.25) is 0 Å². The van der Waals surface area contributed by atoms with E-state index in [1.807, 2.05) is 24.4 Å². The predicted octanol–water partition coefficient (Wildman–Crippen LogP) is 2.12. The van der Waals surface area contributed by atoms with Gasteiger partial charge in [-0.3, -0.25) is 4.90 Å². The van der Waals surface area contributed by atoms with Crippen molar-refractivity contribution in [1.82, 2.24) is 9.88 Å². The molecule has 1 aliphatic rings. The molecule has 0 N–H and O–H groups in total. The fraction of sp³-hybridized carbons (Fsp3) is 0.389. The lowest BCUT2D eigenvalue weighted by Crippen LogP contribution is -2.46. The van der Waals surface area contributed by atoms with Gasteiger partial charge in [-0.05, 0) is 36.2 Å². The highest BCUT2D eigenvalue weighted by Gasteiger charge is 2.19. The molecule has 1 aromatic carbocycles. The summed E-state index contributed by atoms with van der Waals surface area (Å²) < 4.78 is 23.0. The summed E-state index contributed by atoms with van der Waals surface area (Å²) in [5, 5.41) is 0. The van der Waals surface area contributed by atoms with Gasteiger partial charge in [0.15, 0.2) is 9.84 Å². The van der Waals surface area contributed by atoms with Crippen molar-refractivity contribution in [3.8, 4) is 0 Å². The van der Waals surface area contributed by atoms with Crippen LogP contribution >= 0.6 is 0 Å². The Morgan fingerprint density at radius 2 is 1.71 bits per heavy atom. The van der Waals surface area contributed by atoms with Gasteiger partial charge in [-0.1, -0.05) is 18.2 Å². The van der Waals surface area contributed by atoms with Crippen LogP contribution in [0.5, 0.6) is 0 Å². The van der Waals surface area contributed by atoms with Gasteiger partial charge < -0.3 is 4.90 Å². The van der Waals surface area contributed by atoms with Crippen molar-refractivity contribution >= 4 is 15.7 Å². The molecule has 1 aromatic heterocycles. The molecule has 0 aliphatic carbocycles. The number of hydrogen-bond donors (Lipinski definition) is 0. The molecule has 0 radical (unpaired) electrons. The minimum Gasteiger partial charge on any atom is -0.354 e. The second-order valence-electron chi connectivity index (χ2n) is 6.32. The van der Waals surface area contributed by atoms with Gasteiger partial charge in [-0.15, -0.1) is 0 Å². The van der Waals surface area contributed by atoms with E-state index in [2.05, 4.69) is 27.8 Å². The average molecular weight is 345 g/mol. The summed E-state index contributed by atoms with van der Waals surface area (Å²) in [5.41, 5.74) is 2.35. The van der Waals surface area contributed by atoms with E-state index in [4.69, 9.17) is 0 Å². The summed E-state index contributed by atoms with van der Waals surface area (Å²) >= 11 is 0. The monoisotopic (exact) mass is 345 g/mol. The Kier molecular flexibility index (Phi) is 4.87. The lowest BCUT2D eigenvalue weighted by Gasteiger charge is -2.36. The van der Waals surface area contributed by atoms with E-state index in [1.54, 1.807) is 12.1 Å². The van der Waals surface area contributed by atoms with E-state index in [1.165, 1.54) is 11.8 Å². The molecule has 1 saturated heterocycles. The molecule has 2 heterocycles. The first-order valence-corrected chi connectivity index (χ1v) is 10.0. The Hall–Kier alpha value is -1.92. The van der Waals surface area contributed by atoms with Gasteiger partial charge in [0.1, 0.15) is 5.82 Å². The summed E-state index contributed by atoms with van der Waals surface area (Å²) in [4.78, 5) is 9.60. The van der Waals surface area contributed by atoms with Crippen molar-refractivity contribution in [1.29, 1.82) is 0 Å². The molecule has 0 amide bonds. The van der Waals surface area contributed by atoms with Crippen LogP contribution in [0.25, 0.3) is 0 Å². The maximum atomic E-state index is 11.5. The molecule has 24 heavy (non-hydrogen) atoms. The lowest BCUT2D eigenvalue weighted by molar-refractivity contribution is 0.249. The molecule has 0 saturated carbocycles. The largest absolute Gasteiger partial charge is 0.354 e. The van der Waals surface area contributed by atoms with Crippen molar-refractivity contribution < 1.29 is 8.42 Å². The van der Waals surface area contributed by atoms with Gasteiger partial charge in [-0.2, -0.15) is 0 Å². The first-order chi connectivity index (χ1) is 11.4. The molecule has 0 bridgehead atoms. The number of pyridine rings is 1. The van der Waals surface area contributed by atoms with Crippen LogP contribution in [0.1, 0.15) is 11.1 Å². The number of rotatable bonds is 4.